The lowest BCUT2D eigenvalue weighted by molar-refractivity contribution is 0.0512. The summed E-state index contributed by atoms with van der Waals surface area (Å²) in [6.07, 6.45) is 0.142. The third kappa shape index (κ3) is 5.78. The Kier molecular flexibility index (Phi) is 7.97. The van der Waals surface area contributed by atoms with Crippen LogP contribution in [0.15, 0.2) is 51.4 Å². The van der Waals surface area contributed by atoms with Gasteiger partial charge in [-0.25, -0.2) is 14.6 Å². The van der Waals surface area contributed by atoms with Gasteiger partial charge in [-0.3, -0.25) is 5.32 Å². The van der Waals surface area contributed by atoms with E-state index >= 15 is 0 Å². The summed E-state index contributed by atoms with van der Waals surface area (Å²) < 4.78 is 19.6. The maximum Gasteiger partial charge on any atom is 0.412 e. The highest BCUT2D eigenvalue weighted by Crippen LogP contribution is 2.41. The van der Waals surface area contributed by atoms with Gasteiger partial charge in [-0.05, 0) is 80.4 Å². The first-order chi connectivity index (χ1) is 18.0. The zero-order valence-corrected chi connectivity index (χ0v) is 24.1. The first-order valence-corrected chi connectivity index (χ1v) is 13.3. The van der Waals surface area contributed by atoms with Crippen LogP contribution in [-0.4, -0.2) is 33.8 Å². The quantitative estimate of drug-likeness (QED) is 0.227. The zero-order valence-electron chi connectivity index (χ0n) is 22.5. The first kappa shape index (κ1) is 27.4. The van der Waals surface area contributed by atoms with Crippen LogP contribution in [0.1, 0.15) is 62.2 Å². The fourth-order valence-electron chi connectivity index (χ4n) is 4.30. The number of hydrogen-bond acceptors (Lipinski definition) is 6. The highest BCUT2D eigenvalue weighted by molar-refractivity contribution is 9.10. The Balaban J connectivity index is 1.70. The van der Waals surface area contributed by atoms with Gasteiger partial charge in [0.25, 0.3) is 0 Å². The van der Waals surface area contributed by atoms with Gasteiger partial charge in [0.1, 0.15) is 17.0 Å². The minimum Gasteiger partial charge on any atom is -0.461 e. The van der Waals surface area contributed by atoms with E-state index in [1.54, 1.807) is 13.0 Å². The van der Waals surface area contributed by atoms with E-state index in [4.69, 9.17) is 13.9 Å². The summed E-state index contributed by atoms with van der Waals surface area (Å²) in [5.74, 6) is 1.03. The maximum absolute atomic E-state index is 12.7. The monoisotopic (exact) mass is 581 g/mol. The molecule has 0 radical (unpaired) electrons. The highest BCUT2D eigenvalue weighted by atomic mass is 79.9. The Labute approximate surface area is 230 Å². The Morgan fingerprint density at radius 2 is 1.87 bits per heavy atom. The van der Waals surface area contributed by atoms with Gasteiger partial charge in [0.05, 0.1) is 22.5 Å². The zero-order chi connectivity index (χ0) is 27.6. The minimum absolute atomic E-state index is 0.297. The number of carbonyl (C=O) groups excluding carboxylic acids is 2. The molecule has 0 aliphatic carbocycles. The molecule has 0 fully saturated rings. The molecule has 200 valence electrons. The fourth-order valence-corrected chi connectivity index (χ4v) is 4.91. The molecule has 0 saturated heterocycles. The molecule has 0 saturated carbocycles. The van der Waals surface area contributed by atoms with Gasteiger partial charge in [0, 0.05) is 23.9 Å². The molecule has 1 N–H and O–H groups in total. The third-order valence-corrected chi connectivity index (χ3v) is 6.63. The largest absolute Gasteiger partial charge is 0.461 e. The molecule has 0 spiro atoms. The lowest BCUT2D eigenvalue weighted by atomic mass is 10.1. The van der Waals surface area contributed by atoms with Crippen molar-refractivity contribution in [2.75, 3.05) is 11.9 Å². The number of nitrogens with one attached hydrogen (secondary N) is 1. The van der Waals surface area contributed by atoms with Gasteiger partial charge in [0.15, 0.2) is 11.5 Å². The van der Waals surface area contributed by atoms with Gasteiger partial charge >= 0.3 is 12.1 Å². The van der Waals surface area contributed by atoms with Crippen LogP contribution in [0, 0.1) is 6.92 Å². The molecular formula is C29H32BrN3O5. The number of ether oxygens (including phenoxy) is 2. The second-order valence-electron chi connectivity index (χ2n) is 9.87. The Morgan fingerprint density at radius 3 is 2.55 bits per heavy atom. The van der Waals surface area contributed by atoms with Gasteiger partial charge in [-0.15, -0.1) is 0 Å². The van der Waals surface area contributed by atoms with Crippen molar-refractivity contribution in [1.82, 2.24) is 9.55 Å². The number of imidazole rings is 1. The van der Waals surface area contributed by atoms with E-state index in [-0.39, 0.29) is 5.97 Å². The molecule has 2 aromatic carbocycles. The van der Waals surface area contributed by atoms with Crippen molar-refractivity contribution < 1.29 is 23.5 Å². The minimum atomic E-state index is -0.617. The number of halogens is 1. The van der Waals surface area contributed by atoms with Crippen LogP contribution < -0.4 is 5.32 Å². The molecule has 0 atom stereocenters. The van der Waals surface area contributed by atoms with Gasteiger partial charge < -0.3 is 18.5 Å². The third-order valence-electron chi connectivity index (χ3n) is 5.85. The number of aromatic nitrogens is 2. The highest BCUT2D eigenvalue weighted by Gasteiger charge is 2.23. The average molecular weight is 582 g/mol. The normalized spacial score (nSPS) is 11.6. The molecule has 0 aliphatic heterocycles. The van der Waals surface area contributed by atoms with Crippen LogP contribution in [0.4, 0.5) is 10.5 Å². The predicted octanol–water partition coefficient (Wildman–Crippen LogP) is 7.50. The van der Waals surface area contributed by atoms with E-state index in [9.17, 15) is 9.59 Å². The number of hydrogen-bond donors (Lipinski definition) is 1. The Bertz CT molecular complexity index is 1500. The molecule has 0 bridgehead atoms. The fraction of sp³-hybridized carbons (Fsp3) is 0.345. The summed E-state index contributed by atoms with van der Waals surface area (Å²) in [4.78, 5) is 29.7. The smallest absolute Gasteiger partial charge is 0.412 e. The number of aryl methyl sites for hydroxylation is 2. The maximum atomic E-state index is 12.7. The van der Waals surface area contributed by atoms with E-state index in [1.165, 1.54) is 0 Å². The molecule has 1 amide bonds. The Hall–Kier alpha value is -3.59. The average Bonchev–Trinajstić information content (AvgIpc) is 3.34. The molecule has 38 heavy (non-hydrogen) atoms. The second-order valence-corrected chi connectivity index (χ2v) is 10.7. The first-order valence-electron chi connectivity index (χ1n) is 12.6. The summed E-state index contributed by atoms with van der Waals surface area (Å²) in [5.41, 5.74) is 3.45. The van der Waals surface area contributed by atoms with Gasteiger partial charge in [-0.2, -0.15) is 0 Å². The molecular weight excluding hydrogens is 550 g/mol. The van der Waals surface area contributed by atoms with Crippen molar-refractivity contribution in [3.8, 4) is 11.3 Å². The van der Waals surface area contributed by atoms with Crippen LogP contribution in [0.2, 0.25) is 0 Å². The molecule has 4 aromatic rings. The SMILES string of the molecule is CCOC(=O)c1c(C)nc(CC)n1Cc1ccc2oc(-c3ccccc3NC(=O)OC(C)(C)C)c(Br)c2c1. The molecule has 2 aromatic heterocycles. The van der Waals surface area contributed by atoms with Crippen molar-refractivity contribution >= 4 is 44.6 Å². The number of anilines is 1. The number of nitrogens with zero attached hydrogens (tertiary/aromatic N) is 2. The summed E-state index contributed by atoms with van der Waals surface area (Å²) in [6, 6.07) is 13.3. The van der Waals surface area contributed by atoms with E-state index in [1.807, 2.05) is 75.6 Å². The topological polar surface area (TPSA) is 95.6 Å². The number of benzene rings is 2. The van der Waals surface area contributed by atoms with E-state index in [2.05, 4.69) is 26.2 Å². The van der Waals surface area contributed by atoms with Crippen LogP contribution >= 0.6 is 15.9 Å². The van der Waals surface area contributed by atoms with Crippen molar-refractivity contribution in [3.63, 3.8) is 0 Å². The summed E-state index contributed by atoms with van der Waals surface area (Å²) in [7, 11) is 0. The lowest BCUT2D eigenvalue weighted by Crippen LogP contribution is -2.27. The Morgan fingerprint density at radius 1 is 1.13 bits per heavy atom. The van der Waals surface area contributed by atoms with Crippen molar-refractivity contribution in [3.05, 3.63) is 69.7 Å². The molecule has 2 heterocycles. The second kappa shape index (κ2) is 11.0. The number of amides is 1. The number of esters is 1. The number of carbonyl (C=O) groups is 2. The molecule has 9 heteroatoms. The van der Waals surface area contributed by atoms with E-state index < -0.39 is 11.7 Å². The number of para-hydroxylation sites is 1. The van der Waals surface area contributed by atoms with Crippen LogP contribution in [0.5, 0.6) is 0 Å². The number of furan rings is 1. The van der Waals surface area contributed by atoms with Crippen molar-refractivity contribution in [2.24, 2.45) is 0 Å². The van der Waals surface area contributed by atoms with Crippen LogP contribution in [-0.2, 0) is 22.4 Å². The summed E-state index contributed by atoms with van der Waals surface area (Å²) in [6.45, 7) is 11.8. The van der Waals surface area contributed by atoms with Crippen LogP contribution in [0.25, 0.3) is 22.3 Å². The molecule has 8 nitrogen and oxygen atoms in total. The van der Waals surface area contributed by atoms with Gasteiger partial charge in [0.2, 0.25) is 0 Å². The number of fused-ring (bicyclic) bond motifs is 1. The van der Waals surface area contributed by atoms with Crippen LogP contribution in [0.3, 0.4) is 0 Å². The van der Waals surface area contributed by atoms with E-state index in [0.717, 1.165) is 21.2 Å². The molecule has 0 unspecified atom stereocenters. The molecule has 4 rings (SSSR count). The summed E-state index contributed by atoms with van der Waals surface area (Å²) in [5, 5.41) is 3.70. The number of rotatable bonds is 7. The molecule has 0 aliphatic rings. The van der Waals surface area contributed by atoms with E-state index in [0.29, 0.717) is 53.6 Å². The summed E-state index contributed by atoms with van der Waals surface area (Å²) >= 11 is 3.72. The van der Waals surface area contributed by atoms with Crippen molar-refractivity contribution in [1.29, 1.82) is 0 Å². The standard InChI is InChI=1S/C29H32BrN3O5/c1-7-23-31-17(3)25(27(34)36-8-2)33(23)16-18-13-14-22-20(15-18)24(30)26(37-22)19-11-9-10-12-21(19)32-28(35)38-29(4,5)6/h9-15H,7-8,16H2,1-6H3,(H,32,35). The lowest BCUT2D eigenvalue weighted by Gasteiger charge is -2.20. The predicted molar refractivity (Wildman–Crippen MR) is 151 cm³/mol. The van der Waals surface area contributed by atoms with Gasteiger partial charge in [-0.1, -0.05) is 25.1 Å². The van der Waals surface area contributed by atoms with Crippen molar-refractivity contribution in [2.45, 2.75) is 60.1 Å².